The van der Waals surface area contributed by atoms with Crippen LogP contribution in [0.15, 0.2) is 72.9 Å². The van der Waals surface area contributed by atoms with Gasteiger partial charge in [0, 0.05) is 19.3 Å². The number of hydrogen-bond donors (Lipinski definition) is 0. The Morgan fingerprint density at radius 1 is 0.323 bits per heavy atom. The largest absolute Gasteiger partial charge is 0.462 e. The summed E-state index contributed by atoms with van der Waals surface area (Å²) < 4.78 is 16.7. The zero-order chi connectivity index (χ0) is 47.2. The molecule has 0 heterocycles. The van der Waals surface area contributed by atoms with E-state index < -0.39 is 6.10 Å². The SMILES string of the molecule is CC/C=C\C/C=C\C/C=C\C/C=C\C/C=C\CCCCCCCCCC(=O)OCC(COC(=O)CCCCCCCC)OC(=O)CCCCCCCCC/C=C\CCCCCCCCC. The van der Waals surface area contributed by atoms with Crippen LogP contribution in [0, 0.1) is 0 Å². The van der Waals surface area contributed by atoms with Gasteiger partial charge in [0.05, 0.1) is 0 Å². The highest BCUT2D eigenvalue weighted by atomic mass is 16.6. The van der Waals surface area contributed by atoms with Crippen LogP contribution in [0.25, 0.3) is 0 Å². The Hall–Kier alpha value is -3.15. The number of unbranched alkanes of at least 4 members (excludes halogenated alkanes) is 26. The predicted molar refractivity (Wildman–Crippen MR) is 279 cm³/mol. The minimum Gasteiger partial charge on any atom is -0.462 e. The number of rotatable bonds is 49. The topological polar surface area (TPSA) is 78.9 Å². The van der Waals surface area contributed by atoms with E-state index in [1.165, 1.54) is 128 Å². The van der Waals surface area contributed by atoms with Gasteiger partial charge in [-0.2, -0.15) is 0 Å². The van der Waals surface area contributed by atoms with Gasteiger partial charge in [-0.3, -0.25) is 14.4 Å². The molecule has 65 heavy (non-hydrogen) atoms. The van der Waals surface area contributed by atoms with E-state index in [4.69, 9.17) is 14.2 Å². The molecule has 0 aliphatic rings. The summed E-state index contributed by atoms with van der Waals surface area (Å²) in [6, 6.07) is 0. The van der Waals surface area contributed by atoms with E-state index in [1.54, 1.807) is 0 Å². The zero-order valence-corrected chi connectivity index (χ0v) is 42.7. The number of esters is 3. The first-order chi connectivity index (χ1) is 32.0. The van der Waals surface area contributed by atoms with Crippen LogP contribution in [-0.4, -0.2) is 37.2 Å². The molecule has 0 spiro atoms. The summed E-state index contributed by atoms with van der Waals surface area (Å²) in [4.78, 5) is 37.8. The first-order valence-corrected chi connectivity index (χ1v) is 27.4. The third-order valence-electron chi connectivity index (χ3n) is 11.7. The van der Waals surface area contributed by atoms with E-state index in [9.17, 15) is 14.4 Å². The summed E-state index contributed by atoms with van der Waals surface area (Å²) in [6.07, 6.45) is 67.7. The molecule has 0 bridgehead atoms. The van der Waals surface area contributed by atoms with Gasteiger partial charge in [-0.25, -0.2) is 0 Å². The fourth-order valence-corrected chi connectivity index (χ4v) is 7.58. The van der Waals surface area contributed by atoms with Crippen molar-refractivity contribution in [2.45, 2.75) is 271 Å². The van der Waals surface area contributed by atoms with Gasteiger partial charge in [0.2, 0.25) is 0 Å². The number of ether oxygens (including phenoxy) is 3. The summed E-state index contributed by atoms with van der Waals surface area (Å²) >= 11 is 0. The Labute approximate surface area is 402 Å². The van der Waals surface area contributed by atoms with Gasteiger partial charge < -0.3 is 14.2 Å². The van der Waals surface area contributed by atoms with Crippen molar-refractivity contribution in [3.05, 3.63) is 72.9 Å². The maximum absolute atomic E-state index is 12.8. The molecule has 0 aromatic heterocycles. The molecule has 0 aromatic carbocycles. The van der Waals surface area contributed by atoms with Gasteiger partial charge in [0.1, 0.15) is 13.2 Å². The number of allylic oxidation sites excluding steroid dienone is 12. The van der Waals surface area contributed by atoms with Crippen LogP contribution >= 0.6 is 0 Å². The predicted octanol–water partition coefficient (Wildman–Crippen LogP) is 18.2. The van der Waals surface area contributed by atoms with Gasteiger partial charge >= 0.3 is 17.9 Å². The standard InChI is InChI=1S/C59H102O6/c1-4-7-10-13-16-18-20-22-24-26-28-29-30-31-32-34-35-37-39-41-43-46-49-52-58(61)64-55-56(54-63-57(60)51-48-45-15-12-9-6-3)65-59(62)53-50-47-44-42-40-38-36-33-27-25-23-21-19-17-14-11-8-5-2/h7,10,16,18,22,24-25,27-29,31-32,56H,4-6,8-9,11-15,17,19-21,23,26,30,33-55H2,1-3H3/b10-7-,18-16-,24-22-,27-25-,29-28-,32-31-. The molecule has 1 atom stereocenters. The normalized spacial score (nSPS) is 12.6. The molecular formula is C59H102O6. The third-order valence-corrected chi connectivity index (χ3v) is 11.7. The van der Waals surface area contributed by atoms with Gasteiger partial charge in [-0.05, 0) is 89.9 Å². The van der Waals surface area contributed by atoms with Crippen LogP contribution in [0.5, 0.6) is 0 Å². The maximum atomic E-state index is 12.8. The number of carbonyl (C=O) groups excluding carboxylic acids is 3. The van der Waals surface area contributed by atoms with Crippen molar-refractivity contribution >= 4 is 17.9 Å². The molecule has 0 aromatic rings. The van der Waals surface area contributed by atoms with Crippen LogP contribution in [0.1, 0.15) is 265 Å². The van der Waals surface area contributed by atoms with E-state index in [0.29, 0.717) is 19.3 Å². The van der Waals surface area contributed by atoms with E-state index >= 15 is 0 Å². The Morgan fingerprint density at radius 3 is 0.954 bits per heavy atom. The molecular weight excluding hydrogens is 805 g/mol. The summed E-state index contributed by atoms with van der Waals surface area (Å²) in [5.41, 5.74) is 0. The summed E-state index contributed by atoms with van der Waals surface area (Å²) in [7, 11) is 0. The lowest BCUT2D eigenvalue weighted by atomic mass is 10.1. The van der Waals surface area contributed by atoms with Crippen molar-refractivity contribution in [3.8, 4) is 0 Å². The van der Waals surface area contributed by atoms with Crippen LogP contribution in [0.4, 0.5) is 0 Å². The second-order valence-corrected chi connectivity index (χ2v) is 18.1. The van der Waals surface area contributed by atoms with E-state index in [1.807, 2.05) is 0 Å². The van der Waals surface area contributed by atoms with Gasteiger partial charge in [0.25, 0.3) is 0 Å². The van der Waals surface area contributed by atoms with Gasteiger partial charge in [-0.15, -0.1) is 0 Å². The Kier molecular flexibility index (Phi) is 50.9. The van der Waals surface area contributed by atoms with Gasteiger partial charge in [-0.1, -0.05) is 229 Å². The Balaban J connectivity index is 4.20. The van der Waals surface area contributed by atoms with Crippen molar-refractivity contribution in [1.29, 1.82) is 0 Å². The van der Waals surface area contributed by atoms with Crippen molar-refractivity contribution in [2.75, 3.05) is 13.2 Å². The summed E-state index contributed by atoms with van der Waals surface area (Å²) in [5, 5.41) is 0. The number of carbonyl (C=O) groups is 3. The third kappa shape index (κ3) is 51.7. The minimum atomic E-state index is -0.779. The van der Waals surface area contributed by atoms with Gasteiger partial charge in [0.15, 0.2) is 6.10 Å². The van der Waals surface area contributed by atoms with Crippen molar-refractivity contribution in [3.63, 3.8) is 0 Å². The van der Waals surface area contributed by atoms with Crippen molar-refractivity contribution in [1.82, 2.24) is 0 Å². The van der Waals surface area contributed by atoms with Crippen molar-refractivity contribution < 1.29 is 28.6 Å². The lowest BCUT2D eigenvalue weighted by Gasteiger charge is -2.18. The molecule has 0 saturated heterocycles. The molecule has 0 rings (SSSR count). The Morgan fingerprint density at radius 2 is 0.600 bits per heavy atom. The second-order valence-electron chi connectivity index (χ2n) is 18.1. The monoisotopic (exact) mass is 907 g/mol. The van der Waals surface area contributed by atoms with Crippen LogP contribution in [-0.2, 0) is 28.6 Å². The maximum Gasteiger partial charge on any atom is 0.306 e. The number of hydrogen-bond acceptors (Lipinski definition) is 6. The molecule has 0 aliphatic heterocycles. The highest BCUT2D eigenvalue weighted by Crippen LogP contribution is 2.15. The molecule has 6 heteroatoms. The smallest absolute Gasteiger partial charge is 0.306 e. The fourth-order valence-electron chi connectivity index (χ4n) is 7.58. The first kappa shape index (κ1) is 61.9. The average Bonchev–Trinajstić information content (AvgIpc) is 3.30. The molecule has 0 radical (unpaired) electrons. The van der Waals surface area contributed by atoms with E-state index in [-0.39, 0.29) is 31.1 Å². The molecule has 0 amide bonds. The van der Waals surface area contributed by atoms with Crippen LogP contribution in [0.2, 0.25) is 0 Å². The lowest BCUT2D eigenvalue weighted by Crippen LogP contribution is -2.30. The lowest BCUT2D eigenvalue weighted by molar-refractivity contribution is -0.167. The molecule has 0 fully saturated rings. The summed E-state index contributed by atoms with van der Waals surface area (Å²) in [5.74, 6) is -0.901. The van der Waals surface area contributed by atoms with Crippen LogP contribution < -0.4 is 0 Å². The second kappa shape index (κ2) is 53.5. The molecule has 1 unspecified atom stereocenters. The Bertz CT molecular complexity index is 1230. The van der Waals surface area contributed by atoms with E-state index in [2.05, 4.69) is 93.7 Å². The molecule has 0 saturated carbocycles. The molecule has 6 nitrogen and oxygen atoms in total. The average molecular weight is 907 g/mol. The highest BCUT2D eigenvalue weighted by Gasteiger charge is 2.19. The molecule has 374 valence electrons. The van der Waals surface area contributed by atoms with Crippen molar-refractivity contribution in [2.24, 2.45) is 0 Å². The highest BCUT2D eigenvalue weighted by molar-refractivity contribution is 5.71. The minimum absolute atomic E-state index is 0.0803. The first-order valence-electron chi connectivity index (χ1n) is 27.4. The quantitative estimate of drug-likeness (QED) is 0.0262. The van der Waals surface area contributed by atoms with Crippen LogP contribution in [0.3, 0.4) is 0 Å². The molecule has 0 N–H and O–H groups in total. The van der Waals surface area contributed by atoms with E-state index in [0.717, 1.165) is 96.3 Å². The zero-order valence-electron chi connectivity index (χ0n) is 42.7. The fraction of sp³-hybridized carbons (Fsp3) is 0.746. The molecule has 0 aliphatic carbocycles. The summed E-state index contributed by atoms with van der Waals surface area (Å²) in [6.45, 7) is 6.46.